The molecule has 0 saturated heterocycles. The third-order valence-corrected chi connectivity index (χ3v) is 3.94. The van der Waals surface area contributed by atoms with E-state index >= 15 is 0 Å². The number of nitrogens with one attached hydrogen (secondary N) is 1. The van der Waals surface area contributed by atoms with E-state index in [1.54, 1.807) is 18.0 Å². The van der Waals surface area contributed by atoms with Crippen LogP contribution in [0, 0.1) is 13.8 Å². The van der Waals surface area contributed by atoms with Gasteiger partial charge in [0.1, 0.15) is 5.03 Å². The van der Waals surface area contributed by atoms with E-state index in [9.17, 15) is 0 Å². The van der Waals surface area contributed by atoms with E-state index in [4.69, 9.17) is 11.6 Å². The first kappa shape index (κ1) is 10.6. The fourth-order valence-corrected chi connectivity index (χ4v) is 2.51. The maximum absolute atomic E-state index is 5.98. The Morgan fingerprint density at radius 2 is 1.93 bits per heavy atom. The first-order valence-corrected chi connectivity index (χ1v) is 5.81. The Kier molecular flexibility index (Phi) is 3.03. The number of aryl methyl sites for hydroxylation is 2. The molecule has 15 heavy (non-hydrogen) atoms. The molecule has 2 aromatic rings. The van der Waals surface area contributed by atoms with E-state index in [2.05, 4.69) is 42.2 Å². The molecule has 0 atom stereocenters. The normalized spacial score (nSPS) is 10.6. The Balaban J connectivity index is 2.36. The van der Waals surface area contributed by atoms with E-state index in [0.717, 1.165) is 5.03 Å². The Morgan fingerprint density at radius 1 is 1.27 bits per heavy atom. The molecule has 0 radical (unpaired) electrons. The summed E-state index contributed by atoms with van der Waals surface area (Å²) in [5.74, 6) is 0. The van der Waals surface area contributed by atoms with Crippen LogP contribution in [0.4, 0.5) is 0 Å². The molecule has 0 aliphatic carbocycles. The molecular formula is C11H11ClN2S. The van der Waals surface area contributed by atoms with Crippen LogP contribution in [0.1, 0.15) is 11.1 Å². The number of H-pyrrole nitrogens is 1. The van der Waals surface area contributed by atoms with Gasteiger partial charge in [-0.2, -0.15) is 5.10 Å². The van der Waals surface area contributed by atoms with E-state index in [-0.39, 0.29) is 0 Å². The van der Waals surface area contributed by atoms with Crippen LogP contribution in [0.25, 0.3) is 0 Å². The topological polar surface area (TPSA) is 28.7 Å². The quantitative estimate of drug-likeness (QED) is 0.862. The minimum absolute atomic E-state index is 0.669. The molecule has 1 heterocycles. The van der Waals surface area contributed by atoms with E-state index in [1.165, 1.54) is 16.0 Å². The molecule has 1 aromatic carbocycles. The molecule has 1 N–H and O–H groups in total. The summed E-state index contributed by atoms with van der Waals surface area (Å²) >= 11 is 7.60. The van der Waals surface area contributed by atoms with Crippen molar-refractivity contribution < 1.29 is 0 Å². The average Bonchev–Trinajstić information content (AvgIpc) is 2.58. The Bertz CT molecular complexity index is 459. The van der Waals surface area contributed by atoms with Gasteiger partial charge in [-0.05, 0) is 25.0 Å². The summed E-state index contributed by atoms with van der Waals surface area (Å²) in [5, 5.41) is 8.36. The number of hydrogen-bond donors (Lipinski definition) is 1. The molecule has 1 aromatic heterocycles. The van der Waals surface area contributed by atoms with Crippen molar-refractivity contribution >= 4 is 23.4 Å². The molecule has 0 amide bonds. The van der Waals surface area contributed by atoms with Gasteiger partial charge in [0.2, 0.25) is 0 Å². The lowest BCUT2D eigenvalue weighted by Gasteiger charge is -2.07. The number of aromatic nitrogens is 2. The van der Waals surface area contributed by atoms with E-state index in [1.807, 2.05) is 0 Å². The summed E-state index contributed by atoms with van der Waals surface area (Å²) in [5.41, 5.74) is 2.51. The van der Waals surface area contributed by atoms with Crippen LogP contribution in [0.3, 0.4) is 0 Å². The van der Waals surface area contributed by atoms with Crippen LogP contribution in [0.2, 0.25) is 5.02 Å². The molecular weight excluding hydrogens is 228 g/mol. The number of nitrogens with zero attached hydrogens (tertiary/aromatic N) is 1. The third kappa shape index (κ3) is 2.19. The molecule has 0 unspecified atom stereocenters. The minimum Gasteiger partial charge on any atom is -0.270 e. The second kappa shape index (κ2) is 4.29. The van der Waals surface area contributed by atoms with Gasteiger partial charge in [0.25, 0.3) is 0 Å². The van der Waals surface area contributed by atoms with Crippen molar-refractivity contribution in [2.75, 3.05) is 0 Å². The summed E-state index contributed by atoms with van der Waals surface area (Å²) in [6.07, 6.45) is 1.62. The van der Waals surface area contributed by atoms with Gasteiger partial charge in [0.15, 0.2) is 0 Å². The molecule has 2 nitrogen and oxygen atoms in total. The standard InChI is InChI=1S/C11H11ClN2S/c1-7-4-3-5-8(2)10(7)15-11-9(12)6-13-14-11/h3-6H,1-2H3,(H,13,14). The summed E-state index contributed by atoms with van der Waals surface area (Å²) < 4.78 is 0. The maximum atomic E-state index is 5.98. The van der Waals surface area contributed by atoms with Crippen LogP contribution >= 0.6 is 23.4 Å². The van der Waals surface area contributed by atoms with Crippen LogP contribution in [-0.2, 0) is 0 Å². The van der Waals surface area contributed by atoms with Gasteiger partial charge in [0, 0.05) is 4.90 Å². The molecule has 0 spiro atoms. The van der Waals surface area contributed by atoms with Gasteiger partial charge >= 0.3 is 0 Å². The smallest absolute Gasteiger partial charge is 0.114 e. The van der Waals surface area contributed by atoms with Crippen LogP contribution in [0.15, 0.2) is 34.3 Å². The van der Waals surface area contributed by atoms with E-state index in [0.29, 0.717) is 5.02 Å². The molecule has 0 aliphatic rings. The largest absolute Gasteiger partial charge is 0.270 e. The highest BCUT2D eigenvalue weighted by Gasteiger charge is 2.08. The summed E-state index contributed by atoms with van der Waals surface area (Å²) in [6.45, 7) is 4.19. The van der Waals surface area contributed by atoms with Crippen molar-refractivity contribution in [3.05, 3.63) is 40.5 Å². The summed E-state index contributed by atoms with van der Waals surface area (Å²) in [6, 6.07) is 6.25. The van der Waals surface area contributed by atoms with Gasteiger partial charge in [-0.25, -0.2) is 0 Å². The highest BCUT2D eigenvalue weighted by molar-refractivity contribution is 7.99. The van der Waals surface area contributed by atoms with Crippen molar-refractivity contribution in [3.8, 4) is 0 Å². The maximum Gasteiger partial charge on any atom is 0.114 e. The zero-order chi connectivity index (χ0) is 10.8. The second-order valence-corrected chi connectivity index (χ2v) is 4.80. The van der Waals surface area contributed by atoms with Crippen molar-refractivity contribution in [2.24, 2.45) is 0 Å². The zero-order valence-corrected chi connectivity index (χ0v) is 10.1. The fraction of sp³-hybridized carbons (Fsp3) is 0.182. The SMILES string of the molecule is Cc1cccc(C)c1Sc1[nH]ncc1Cl. The molecule has 0 saturated carbocycles. The number of benzene rings is 1. The van der Waals surface area contributed by atoms with Gasteiger partial charge in [-0.1, -0.05) is 41.6 Å². The Labute approximate surface area is 98.0 Å². The number of aromatic amines is 1. The van der Waals surface area contributed by atoms with Crippen molar-refractivity contribution in [3.63, 3.8) is 0 Å². The first-order chi connectivity index (χ1) is 7.18. The van der Waals surface area contributed by atoms with Crippen LogP contribution < -0.4 is 0 Å². The second-order valence-electron chi connectivity index (χ2n) is 3.37. The minimum atomic E-state index is 0.669. The zero-order valence-electron chi connectivity index (χ0n) is 8.54. The number of hydrogen-bond acceptors (Lipinski definition) is 2. The highest BCUT2D eigenvalue weighted by atomic mass is 35.5. The molecule has 0 bridgehead atoms. The van der Waals surface area contributed by atoms with Crippen molar-refractivity contribution in [1.29, 1.82) is 0 Å². The fourth-order valence-electron chi connectivity index (χ4n) is 1.39. The van der Waals surface area contributed by atoms with E-state index < -0.39 is 0 Å². The Morgan fingerprint density at radius 3 is 2.47 bits per heavy atom. The summed E-state index contributed by atoms with van der Waals surface area (Å²) in [4.78, 5) is 1.24. The van der Waals surface area contributed by atoms with Gasteiger partial charge < -0.3 is 0 Å². The lowest BCUT2D eigenvalue weighted by atomic mass is 10.2. The molecule has 78 valence electrons. The Hall–Kier alpha value is -0.930. The summed E-state index contributed by atoms with van der Waals surface area (Å²) in [7, 11) is 0. The highest BCUT2D eigenvalue weighted by Crippen LogP contribution is 2.34. The van der Waals surface area contributed by atoms with Gasteiger partial charge in [0.05, 0.1) is 11.2 Å². The predicted molar refractivity (Wildman–Crippen MR) is 63.6 cm³/mol. The number of halogens is 1. The van der Waals surface area contributed by atoms with Crippen molar-refractivity contribution in [1.82, 2.24) is 10.2 Å². The molecule has 0 fully saturated rings. The van der Waals surface area contributed by atoms with Crippen LogP contribution in [0.5, 0.6) is 0 Å². The lowest BCUT2D eigenvalue weighted by molar-refractivity contribution is 1.00. The molecule has 4 heteroatoms. The molecule has 2 rings (SSSR count). The van der Waals surface area contributed by atoms with Gasteiger partial charge in [-0.15, -0.1) is 0 Å². The molecule has 0 aliphatic heterocycles. The predicted octanol–water partition coefficient (Wildman–Crippen LogP) is 3.83. The first-order valence-electron chi connectivity index (χ1n) is 4.61. The van der Waals surface area contributed by atoms with Crippen molar-refractivity contribution in [2.45, 2.75) is 23.8 Å². The monoisotopic (exact) mass is 238 g/mol. The average molecular weight is 239 g/mol. The number of rotatable bonds is 2. The van der Waals surface area contributed by atoms with Crippen LogP contribution in [-0.4, -0.2) is 10.2 Å². The lowest BCUT2D eigenvalue weighted by Crippen LogP contribution is -1.85. The third-order valence-electron chi connectivity index (χ3n) is 2.17. The van der Waals surface area contributed by atoms with Gasteiger partial charge in [-0.3, -0.25) is 5.10 Å².